The lowest BCUT2D eigenvalue weighted by atomic mass is 10.1. The molecule has 9 nitrogen and oxygen atoms in total. The Labute approximate surface area is 197 Å². The third-order valence-corrected chi connectivity index (χ3v) is 6.96. The van der Waals surface area contributed by atoms with Crippen LogP contribution in [0, 0.1) is 6.92 Å². The van der Waals surface area contributed by atoms with Crippen LogP contribution in [0.15, 0.2) is 18.5 Å². The van der Waals surface area contributed by atoms with Gasteiger partial charge in [0, 0.05) is 51.7 Å². The van der Waals surface area contributed by atoms with Crippen LogP contribution in [0.1, 0.15) is 39.4 Å². The zero-order valence-electron chi connectivity index (χ0n) is 18.8. The molecule has 1 fully saturated rings. The smallest absolute Gasteiger partial charge is 0.341 e. The highest BCUT2D eigenvalue weighted by Crippen LogP contribution is 2.35. The molecule has 2 aromatic rings. The fraction of sp³-hybridized carbons (Fsp3) is 0.476. The van der Waals surface area contributed by atoms with Gasteiger partial charge in [-0.15, -0.1) is 11.3 Å². The molecule has 0 atom stereocenters. The summed E-state index contributed by atoms with van der Waals surface area (Å²) >= 11 is 6.87. The van der Waals surface area contributed by atoms with E-state index in [-0.39, 0.29) is 5.91 Å². The molecule has 0 saturated carbocycles. The van der Waals surface area contributed by atoms with Crippen LogP contribution in [-0.4, -0.2) is 83.1 Å². The van der Waals surface area contributed by atoms with E-state index >= 15 is 0 Å². The molecular formula is C21H28N6O3S2. The number of aromatic nitrogens is 2. The number of methoxy groups -OCH3 is 1. The topological polar surface area (TPSA) is 90.9 Å². The molecule has 0 bridgehead atoms. The van der Waals surface area contributed by atoms with E-state index in [2.05, 4.69) is 20.2 Å². The number of rotatable bonds is 6. The number of nitrogens with zero attached hydrogens (tertiary/aromatic N) is 5. The number of hydrogen-bond acceptors (Lipinski definition) is 8. The highest BCUT2D eigenvalue weighted by atomic mass is 32.1. The van der Waals surface area contributed by atoms with Crippen molar-refractivity contribution in [2.75, 3.05) is 56.6 Å². The molecular weight excluding hydrogens is 448 g/mol. The minimum Gasteiger partial charge on any atom is -0.465 e. The van der Waals surface area contributed by atoms with Gasteiger partial charge in [-0.1, -0.05) is 0 Å². The number of ether oxygens (including phenoxy) is 1. The molecule has 32 heavy (non-hydrogen) atoms. The number of thiophene rings is 1. The van der Waals surface area contributed by atoms with Gasteiger partial charge in [0.2, 0.25) is 5.95 Å². The average molecular weight is 477 g/mol. The monoisotopic (exact) mass is 476 g/mol. The molecule has 0 radical (unpaired) electrons. The van der Waals surface area contributed by atoms with Crippen molar-refractivity contribution < 1.29 is 14.3 Å². The van der Waals surface area contributed by atoms with Crippen molar-refractivity contribution in [2.45, 2.75) is 20.8 Å². The predicted molar refractivity (Wildman–Crippen MR) is 130 cm³/mol. The first-order valence-corrected chi connectivity index (χ1v) is 11.7. The Morgan fingerprint density at radius 3 is 2.38 bits per heavy atom. The number of anilines is 2. The van der Waals surface area contributed by atoms with Crippen molar-refractivity contribution in [1.29, 1.82) is 0 Å². The first-order chi connectivity index (χ1) is 15.4. The standard InChI is InChI=1S/C21H28N6O3S2/c1-5-25(6-2)18(28)16-14(3)15(19(29)30-4)17(32-16)24-21(31)27-12-10-26(11-13-27)20-22-8-7-9-23-20/h7-9H,5-6,10-13H2,1-4H3,(H,24,31). The number of piperazine rings is 1. The Kier molecular flexibility index (Phi) is 7.97. The second-order valence-corrected chi connectivity index (χ2v) is 8.59. The molecule has 3 heterocycles. The van der Waals surface area contributed by atoms with Gasteiger partial charge in [0.25, 0.3) is 5.91 Å². The zero-order valence-corrected chi connectivity index (χ0v) is 20.4. The highest BCUT2D eigenvalue weighted by Gasteiger charge is 2.29. The molecule has 1 aliphatic rings. The van der Waals surface area contributed by atoms with E-state index in [1.54, 1.807) is 30.3 Å². The molecule has 1 amide bonds. The van der Waals surface area contributed by atoms with Crippen LogP contribution < -0.4 is 10.2 Å². The summed E-state index contributed by atoms with van der Waals surface area (Å²) in [6.45, 7) is 9.65. The number of amides is 1. The largest absolute Gasteiger partial charge is 0.465 e. The van der Waals surface area contributed by atoms with Gasteiger partial charge < -0.3 is 24.8 Å². The van der Waals surface area contributed by atoms with Crippen LogP contribution in [0.4, 0.5) is 10.9 Å². The summed E-state index contributed by atoms with van der Waals surface area (Å²) in [5.41, 5.74) is 0.960. The number of thiocarbonyl (C=S) groups is 1. The Hall–Kier alpha value is -2.79. The Morgan fingerprint density at radius 2 is 1.81 bits per heavy atom. The van der Waals surface area contributed by atoms with E-state index < -0.39 is 5.97 Å². The quantitative estimate of drug-likeness (QED) is 0.499. The van der Waals surface area contributed by atoms with E-state index in [0.29, 0.717) is 58.2 Å². The average Bonchev–Trinajstić information content (AvgIpc) is 3.15. The van der Waals surface area contributed by atoms with Crippen molar-refractivity contribution in [2.24, 2.45) is 0 Å². The number of hydrogen-bond donors (Lipinski definition) is 1. The molecule has 0 aliphatic carbocycles. The van der Waals surface area contributed by atoms with Crippen molar-refractivity contribution >= 4 is 51.5 Å². The van der Waals surface area contributed by atoms with Crippen LogP contribution in [0.25, 0.3) is 0 Å². The van der Waals surface area contributed by atoms with E-state index in [1.165, 1.54) is 18.4 Å². The second-order valence-electron chi connectivity index (χ2n) is 7.18. The third-order valence-electron chi connectivity index (χ3n) is 5.40. The van der Waals surface area contributed by atoms with Gasteiger partial charge >= 0.3 is 5.97 Å². The molecule has 0 aromatic carbocycles. The molecule has 0 spiro atoms. The van der Waals surface area contributed by atoms with Crippen molar-refractivity contribution in [3.63, 3.8) is 0 Å². The number of nitrogens with one attached hydrogen (secondary N) is 1. The first kappa shape index (κ1) is 23.9. The molecule has 11 heteroatoms. The van der Waals surface area contributed by atoms with Gasteiger partial charge in [-0.05, 0) is 44.6 Å². The highest BCUT2D eigenvalue weighted by molar-refractivity contribution is 7.80. The maximum Gasteiger partial charge on any atom is 0.341 e. The lowest BCUT2D eigenvalue weighted by Gasteiger charge is -2.36. The SMILES string of the molecule is CCN(CC)C(=O)c1sc(NC(=S)N2CCN(c3ncccn3)CC2)c(C(=O)OC)c1C. The second kappa shape index (κ2) is 10.7. The molecule has 0 unspecified atom stereocenters. The van der Waals surface area contributed by atoms with Crippen LogP contribution >= 0.6 is 23.6 Å². The van der Waals surface area contributed by atoms with E-state index in [1.807, 2.05) is 18.7 Å². The molecule has 2 aromatic heterocycles. The molecule has 1 aliphatic heterocycles. The lowest BCUT2D eigenvalue weighted by molar-refractivity contribution is 0.0601. The van der Waals surface area contributed by atoms with Gasteiger partial charge in [0.05, 0.1) is 17.6 Å². The van der Waals surface area contributed by atoms with Gasteiger partial charge in [-0.25, -0.2) is 14.8 Å². The summed E-state index contributed by atoms with van der Waals surface area (Å²) in [6, 6.07) is 1.79. The summed E-state index contributed by atoms with van der Waals surface area (Å²) in [5.74, 6) is 0.110. The lowest BCUT2D eigenvalue weighted by Crippen LogP contribution is -2.50. The zero-order chi connectivity index (χ0) is 23.3. The third kappa shape index (κ3) is 4.99. The van der Waals surface area contributed by atoms with Gasteiger partial charge in [0.1, 0.15) is 5.00 Å². The Balaban J connectivity index is 1.76. The van der Waals surface area contributed by atoms with Crippen LogP contribution in [-0.2, 0) is 4.74 Å². The number of carbonyl (C=O) groups excluding carboxylic acids is 2. The minimum absolute atomic E-state index is 0.0990. The van der Waals surface area contributed by atoms with Gasteiger partial charge in [0.15, 0.2) is 5.11 Å². The maximum absolute atomic E-state index is 13.0. The van der Waals surface area contributed by atoms with Crippen LogP contribution in [0.2, 0.25) is 0 Å². The van der Waals surface area contributed by atoms with E-state index in [9.17, 15) is 9.59 Å². The van der Waals surface area contributed by atoms with Crippen LogP contribution in [0.5, 0.6) is 0 Å². The Bertz CT molecular complexity index is 969. The molecule has 1 saturated heterocycles. The summed E-state index contributed by atoms with van der Waals surface area (Å²) in [4.78, 5) is 40.5. The van der Waals surface area contributed by atoms with E-state index in [0.717, 1.165) is 13.1 Å². The molecule has 3 rings (SSSR count). The minimum atomic E-state index is -0.492. The number of carbonyl (C=O) groups is 2. The first-order valence-electron chi connectivity index (χ1n) is 10.5. The van der Waals surface area contributed by atoms with Gasteiger partial charge in [-0.2, -0.15) is 0 Å². The molecule has 1 N–H and O–H groups in total. The normalized spacial score (nSPS) is 13.6. The predicted octanol–water partition coefficient (Wildman–Crippen LogP) is 2.63. The summed E-state index contributed by atoms with van der Waals surface area (Å²) in [5, 5.41) is 4.23. The fourth-order valence-electron chi connectivity index (χ4n) is 3.55. The summed E-state index contributed by atoms with van der Waals surface area (Å²) in [6.07, 6.45) is 3.46. The van der Waals surface area contributed by atoms with Crippen LogP contribution in [0.3, 0.4) is 0 Å². The van der Waals surface area contributed by atoms with E-state index in [4.69, 9.17) is 17.0 Å². The van der Waals surface area contributed by atoms with Gasteiger partial charge in [-0.3, -0.25) is 4.79 Å². The maximum atomic E-state index is 13.0. The van der Waals surface area contributed by atoms with Crippen molar-refractivity contribution in [1.82, 2.24) is 19.8 Å². The van der Waals surface area contributed by atoms with Crippen molar-refractivity contribution in [3.05, 3.63) is 34.5 Å². The summed E-state index contributed by atoms with van der Waals surface area (Å²) in [7, 11) is 1.33. The molecule has 172 valence electrons. The fourth-order valence-corrected chi connectivity index (χ4v) is 5.06. The van der Waals surface area contributed by atoms with Crippen molar-refractivity contribution in [3.8, 4) is 0 Å². The summed E-state index contributed by atoms with van der Waals surface area (Å²) < 4.78 is 4.98. The Morgan fingerprint density at radius 1 is 1.19 bits per heavy atom. The number of esters is 1.